The largest absolute Gasteiger partial charge is 0.481 e. The van der Waals surface area contributed by atoms with Crippen LogP contribution < -0.4 is 5.32 Å². The molecule has 0 aromatic carbocycles. The first-order chi connectivity index (χ1) is 9.40. The van der Waals surface area contributed by atoms with Crippen molar-refractivity contribution in [2.45, 2.75) is 58.7 Å². The van der Waals surface area contributed by atoms with Gasteiger partial charge < -0.3 is 10.4 Å². The maximum atomic E-state index is 13.0. The molecule has 1 saturated carbocycles. The van der Waals surface area contributed by atoms with E-state index in [1.807, 2.05) is 0 Å². The lowest BCUT2D eigenvalue weighted by molar-refractivity contribution is -0.168. The van der Waals surface area contributed by atoms with Crippen LogP contribution in [0.15, 0.2) is 0 Å². The van der Waals surface area contributed by atoms with Crippen molar-refractivity contribution in [2.24, 2.45) is 17.3 Å². The number of alkyl halides is 3. The molecule has 0 aromatic rings. The molecule has 0 spiro atoms. The van der Waals surface area contributed by atoms with Crippen molar-refractivity contribution < 1.29 is 27.9 Å². The molecule has 1 aliphatic rings. The van der Waals surface area contributed by atoms with Gasteiger partial charge in [-0.15, -0.1) is 0 Å². The molecular weight excluding hydrogens is 287 g/mol. The first-order valence-corrected chi connectivity index (χ1v) is 7.00. The second kappa shape index (κ2) is 6.23. The molecule has 122 valence electrons. The Balaban J connectivity index is 2.67. The van der Waals surface area contributed by atoms with Gasteiger partial charge in [0.15, 0.2) is 0 Å². The molecule has 4 nitrogen and oxygen atoms in total. The number of hydrogen-bond donors (Lipinski definition) is 2. The molecule has 0 heterocycles. The number of aliphatic carboxylic acids is 1. The van der Waals surface area contributed by atoms with E-state index in [1.54, 1.807) is 20.8 Å². The number of carbonyl (C=O) groups excluding carboxylic acids is 1. The standard InChI is InChI=1S/C14H22F3NO3/c1-13(2,3)7-10(14(15,16)17)18-11(19)8-4-5-9(6-8)12(20)21/h8-10H,4-7H2,1-3H3,(H,18,19)(H,20,21)/t8-,9+,10?/m1/s1. The third-order valence-corrected chi connectivity index (χ3v) is 3.68. The molecule has 21 heavy (non-hydrogen) atoms. The molecule has 1 aliphatic carbocycles. The van der Waals surface area contributed by atoms with E-state index in [4.69, 9.17) is 5.11 Å². The van der Waals surface area contributed by atoms with Crippen molar-refractivity contribution in [3.63, 3.8) is 0 Å². The lowest BCUT2D eigenvalue weighted by Gasteiger charge is -2.29. The van der Waals surface area contributed by atoms with E-state index in [0.29, 0.717) is 12.8 Å². The fourth-order valence-electron chi connectivity index (χ4n) is 2.59. The third-order valence-electron chi connectivity index (χ3n) is 3.68. The summed E-state index contributed by atoms with van der Waals surface area (Å²) < 4.78 is 39.0. The zero-order valence-electron chi connectivity index (χ0n) is 12.5. The Bertz CT molecular complexity index is 401. The molecule has 0 radical (unpaired) electrons. The molecule has 0 aromatic heterocycles. The Morgan fingerprint density at radius 2 is 1.71 bits per heavy atom. The highest BCUT2D eigenvalue weighted by Gasteiger charge is 2.44. The average molecular weight is 309 g/mol. The van der Waals surface area contributed by atoms with E-state index in [-0.39, 0.29) is 12.8 Å². The number of carboxylic acid groups (broad SMARTS) is 1. The van der Waals surface area contributed by atoms with Gasteiger partial charge in [-0.05, 0) is 31.1 Å². The molecule has 1 unspecified atom stereocenters. The van der Waals surface area contributed by atoms with E-state index >= 15 is 0 Å². The number of nitrogens with one attached hydrogen (secondary N) is 1. The number of halogens is 3. The second-order valence-electron chi connectivity index (χ2n) is 6.91. The van der Waals surface area contributed by atoms with Crippen LogP contribution in [0.1, 0.15) is 46.5 Å². The molecule has 1 fully saturated rings. The van der Waals surface area contributed by atoms with Gasteiger partial charge in [0.2, 0.25) is 5.91 Å². The van der Waals surface area contributed by atoms with Crippen molar-refractivity contribution >= 4 is 11.9 Å². The number of rotatable bonds is 4. The molecule has 3 atom stereocenters. The van der Waals surface area contributed by atoms with Crippen LogP contribution in [0.4, 0.5) is 13.2 Å². The average Bonchev–Trinajstić information content (AvgIpc) is 2.74. The van der Waals surface area contributed by atoms with Crippen LogP contribution in [0, 0.1) is 17.3 Å². The Kier molecular flexibility index (Phi) is 5.28. The highest BCUT2D eigenvalue weighted by atomic mass is 19.4. The molecule has 1 amide bonds. The van der Waals surface area contributed by atoms with Crippen LogP contribution in [0.25, 0.3) is 0 Å². The maximum absolute atomic E-state index is 13.0. The van der Waals surface area contributed by atoms with Gasteiger partial charge in [0, 0.05) is 5.92 Å². The van der Waals surface area contributed by atoms with E-state index in [2.05, 4.69) is 5.32 Å². The first kappa shape index (κ1) is 17.8. The quantitative estimate of drug-likeness (QED) is 0.839. The van der Waals surface area contributed by atoms with Gasteiger partial charge in [0.05, 0.1) is 5.92 Å². The van der Waals surface area contributed by atoms with Crippen molar-refractivity contribution in [1.82, 2.24) is 5.32 Å². The van der Waals surface area contributed by atoms with Crippen LogP contribution in [-0.2, 0) is 9.59 Å². The third kappa shape index (κ3) is 5.55. The van der Waals surface area contributed by atoms with Gasteiger partial charge in [-0.1, -0.05) is 20.8 Å². The van der Waals surface area contributed by atoms with E-state index < -0.39 is 41.3 Å². The molecule has 7 heteroatoms. The second-order valence-corrected chi connectivity index (χ2v) is 6.91. The van der Waals surface area contributed by atoms with E-state index in [9.17, 15) is 22.8 Å². The molecule has 0 bridgehead atoms. The van der Waals surface area contributed by atoms with Gasteiger partial charge in [-0.2, -0.15) is 13.2 Å². The Morgan fingerprint density at radius 3 is 2.10 bits per heavy atom. The van der Waals surface area contributed by atoms with Gasteiger partial charge in [0.1, 0.15) is 6.04 Å². The summed E-state index contributed by atoms with van der Waals surface area (Å²) in [5, 5.41) is 10.9. The highest BCUT2D eigenvalue weighted by Crippen LogP contribution is 2.34. The lowest BCUT2D eigenvalue weighted by atomic mass is 9.87. The number of amides is 1. The first-order valence-electron chi connectivity index (χ1n) is 7.00. The van der Waals surface area contributed by atoms with Crippen LogP contribution in [0.3, 0.4) is 0 Å². The molecule has 2 N–H and O–H groups in total. The summed E-state index contributed by atoms with van der Waals surface area (Å²) in [6, 6.07) is -1.89. The maximum Gasteiger partial charge on any atom is 0.408 e. The van der Waals surface area contributed by atoms with Crippen molar-refractivity contribution in [3.05, 3.63) is 0 Å². The van der Waals surface area contributed by atoms with Crippen molar-refractivity contribution in [2.75, 3.05) is 0 Å². The summed E-state index contributed by atoms with van der Waals surface area (Å²) >= 11 is 0. The zero-order valence-corrected chi connectivity index (χ0v) is 12.5. The number of hydrogen-bond acceptors (Lipinski definition) is 2. The molecule has 1 rings (SSSR count). The lowest BCUT2D eigenvalue weighted by Crippen LogP contribution is -2.49. The smallest absolute Gasteiger partial charge is 0.408 e. The fraction of sp³-hybridized carbons (Fsp3) is 0.857. The monoisotopic (exact) mass is 309 g/mol. The van der Waals surface area contributed by atoms with E-state index in [1.165, 1.54) is 0 Å². The highest BCUT2D eigenvalue weighted by molar-refractivity contribution is 5.81. The minimum Gasteiger partial charge on any atom is -0.481 e. The molecular formula is C14H22F3NO3. The van der Waals surface area contributed by atoms with Crippen LogP contribution in [0.2, 0.25) is 0 Å². The van der Waals surface area contributed by atoms with Gasteiger partial charge in [-0.3, -0.25) is 9.59 Å². The SMILES string of the molecule is CC(C)(C)CC(NC(=O)[C@@H]1CC[C@H](C(=O)O)C1)C(F)(F)F. The minimum atomic E-state index is -4.51. The summed E-state index contributed by atoms with van der Waals surface area (Å²) in [5.74, 6) is -2.96. The summed E-state index contributed by atoms with van der Waals surface area (Å²) in [6.45, 7) is 5.02. The molecule has 0 saturated heterocycles. The summed E-state index contributed by atoms with van der Waals surface area (Å²) in [5.41, 5.74) is -0.577. The topological polar surface area (TPSA) is 66.4 Å². The van der Waals surface area contributed by atoms with Crippen molar-refractivity contribution in [3.8, 4) is 0 Å². The molecule has 0 aliphatic heterocycles. The van der Waals surface area contributed by atoms with Crippen LogP contribution in [-0.4, -0.2) is 29.2 Å². The van der Waals surface area contributed by atoms with Gasteiger partial charge in [-0.25, -0.2) is 0 Å². The van der Waals surface area contributed by atoms with E-state index in [0.717, 1.165) is 0 Å². The Labute approximate surface area is 122 Å². The number of carbonyl (C=O) groups is 2. The van der Waals surface area contributed by atoms with Crippen LogP contribution in [0.5, 0.6) is 0 Å². The predicted octanol–water partition coefficient (Wildman–Crippen LogP) is 2.97. The minimum absolute atomic E-state index is 0.112. The van der Waals surface area contributed by atoms with Gasteiger partial charge in [0.25, 0.3) is 0 Å². The fourth-order valence-corrected chi connectivity index (χ4v) is 2.59. The van der Waals surface area contributed by atoms with Crippen molar-refractivity contribution in [1.29, 1.82) is 0 Å². The number of carboxylic acids is 1. The zero-order chi connectivity index (χ0) is 16.4. The normalized spacial score (nSPS) is 24.7. The summed E-state index contributed by atoms with van der Waals surface area (Å²) in [4.78, 5) is 22.8. The summed E-state index contributed by atoms with van der Waals surface area (Å²) in [6.07, 6.45) is -3.95. The van der Waals surface area contributed by atoms with Crippen LogP contribution >= 0.6 is 0 Å². The summed E-state index contributed by atoms with van der Waals surface area (Å²) in [7, 11) is 0. The Morgan fingerprint density at radius 1 is 1.19 bits per heavy atom. The predicted molar refractivity (Wildman–Crippen MR) is 70.5 cm³/mol. The Hall–Kier alpha value is -1.27. The van der Waals surface area contributed by atoms with Gasteiger partial charge >= 0.3 is 12.1 Å².